The normalized spacial score (nSPS) is 16.3. The summed E-state index contributed by atoms with van der Waals surface area (Å²) in [6.45, 7) is 4.95. The Morgan fingerprint density at radius 1 is 1.13 bits per heavy atom. The van der Waals surface area contributed by atoms with E-state index < -0.39 is 10.0 Å². The number of amides is 1. The Labute approximate surface area is 184 Å². The van der Waals surface area contributed by atoms with E-state index in [0.29, 0.717) is 18.8 Å². The zero-order chi connectivity index (χ0) is 22.6. The van der Waals surface area contributed by atoms with Crippen molar-refractivity contribution in [3.05, 3.63) is 59.4 Å². The van der Waals surface area contributed by atoms with Crippen molar-refractivity contribution < 1.29 is 17.6 Å². The van der Waals surface area contributed by atoms with Gasteiger partial charge in [-0.15, -0.1) is 0 Å². The van der Waals surface area contributed by atoms with Crippen molar-refractivity contribution in [2.45, 2.75) is 44.0 Å². The first kappa shape index (κ1) is 23.4. The predicted octanol–water partition coefficient (Wildman–Crippen LogP) is 3.94. The van der Waals surface area contributed by atoms with Gasteiger partial charge in [-0.3, -0.25) is 9.69 Å². The number of hydrogen-bond donors (Lipinski definition) is 1. The van der Waals surface area contributed by atoms with Crippen LogP contribution in [-0.4, -0.2) is 50.2 Å². The highest BCUT2D eigenvalue weighted by atomic mass is 32.2. The average molecular weight is 448 g/mol. The lowest BCUT2D eigenvalue weighted by Crippen LogP contribution is -2.35. The van der Waals surface area contributed by atoms with Crippen LogP contribution in [0.15, 0.2) is 47.4 Å². The highest BCUT2D eigenvalue weighted by Crippen LogP contribution is 2.25. The van der Waals surface area contributed by atoms with Crippen LogP contribution in [0.5, 0.6) is 0 Å². The lowest BCUT2D eigenvalue weighted by Gasteiger charge is -2.26. The highest BCUT2D eigenvalue weighted by molar-refractivity contribution is 7.89. The first-order chi connectivity index (χ1) is 14.7. The molecule has 2 aromatic carbocycles. The van der Waals surface area contributed by atoms with Crippen molar-refractivity contribution in [1.29, 1.82) is 0 Å². The summed E-state index contributed by atoms with van der Waals surface area (Å²) in [7, 11) is -1.75. The Bertz CT molecular complexity index is 1020. The Kier molecular flexibility index (Phi) is 7.46. The molecule has 1 aliphatic heterocycles. The summed E-state index contributed by atoms with van der Waals surface area (Å²) in [6.07, 6.45) is 2.78. The van der Waals surface area contributed by atoms with Crippen molar-refractivity contribution >= 4 is 21.6 Å². The fraction of sp³-hybridized carbons (Fsp3) is 0.435. The van der Waals surface area contributed by atoms with Crippen molar-refractivity contribution in [1.82, 2.24) is 9.21 Å². The van der Waals surface area contributed by atoms with Gasteiger partial charge in [0.25, 0.3) is 0 Å². The standard InChI is InChI=1S/C23H30FN3O3S/c1-17-7-12-21(31(29,30)27-13-5-4-6-14-27)15-22(17)25-23(28)16-26(3)18(2)19-8-10-20(24)11-9-19/h7-12,15,18H,4-6,13-14,16H2,1-3H3,(H,25,28). The minimum Gasteiger partial charge on any atom is -0.325 e. The molecule has 6 nitrogen and oxygen atoms in total. The second-order valence-electron chi connectivity index (χ2n) is 8.13. The van der Waals surface area contributed by atoms with E-state index in [1.807, 2.05) is 25.8 Å². The molecule has 0 saturated carbocycles. The largest absolute Gasteiger partial charge is 0.325 e. The minimum absolute atomic E-state index is 0.0849. The molecular formula is C23H30FN3O3S. The smallest absolute Gasteiger partial charge is 0.243 e. The summed E-state index contributed by atoms with van der Waals surface area (Å²) in [6, 6.07) is 11.0. The van der Waals surface area contributed by atoms with E-state index in [4.69, 9.17) is 0 Å². The molecule has 0 radical (unpaired) electrons. The average Bonchev–Trinajstić information content (AvgIpc) is 2.75. The van der Waals surface area contributed by atoms with Gasteiger partial charge in [0.15, 0.2) is 0 Å². The Balaban J connectivity index is 1.69. The number of carbonyl (C=O) groups is 1. The van der Waals surface area contributed by atoms with E-state index in [1.54, 1.807) is 30.3 Å². The number of nitrogens with one attached hydrogen (secondary N) is 1. The maximum Gasteiger partial charge on any atom is 0.243 e. The molecule has 1 saturated heterocycles. The fourth-order valence-corrected chi connectivity index (χ4v) is 5.24. The number of sulfonamides is 1. The van der Waals surface area contributed by atoms with Gasteiger partial charge in [-0.1, -0.05) is 24.6 Å². The molecule has 0 bridgehead atoms. The van der Waals surface area contributed by atoms with Crippen LogP contribution >= 0.6 is 0 Å². The van der Waals surface area contributed by atoms with Gasteiger partial charge in [-0.2, -0.15) is 4.31 Å². The van der Waals surface area contributed by atoms with E-state index >= 15 is 0 Å². The number of benzene rings is 2. The maximum atomic E-state index is 13.2. The Hall–Kier alpha value is -2.29. The second kappa shape index (κ2) is 9.89. The number of anilines is 1. The second-order valence-corrected chi connectivity index (χ2v) is 10.1. The molecule has 8 heteroatoms. The van der Waals surface area contributed by atoms with Gasteiger partial charge >= 0.3 is 0 Å². The SMILES string of the molecule is Cc1ccc(S(=O)(=O)N2CCCCC2)cc1NC(=O)CN(C)C(C)c1ccc(F)cc1. The van der Waals surface area contributed by atoms with E-state index in [2.05, 4.69) is 5.32 Å². The molecule has 0 spiro atoms. The van der Waals surface area contributed by atoms with Crippen LogP contribution in [0.4, 0.5) is 10.1 Å². The molecule has 1 heterocycles. The van der Waals surface area contributed by atoms with Gasteiger partial charge in [-0.05, 0) is 69.1 Å². The van der Waals surface area contributed by atoms with Gasteiger partial charge in [0.05, 0.1) is 11.4 Å². The van der Waals surface area contributed by atoms with Gasteiger partial charge in [0, 0.05) is 24.8 Å². The minimum atomic E-state index is -3.57. The van der Waals surface area contributed by atoms with Crippen LogP contribution in [-0.2, 0) is 14.8 Å². The predicted molar refractivity (Wildman–Crippen MR) is 120 cm³/mol. The molecule has 1 aliphatic rings. The van der Waals surface area contributed by atoms with Crippen molar-refractivity contribution in [3.8, 4) is 0 Å². The summed E-state index contributed by atoms with van der Waals surface area (Å²) in [5.41, 5.74) is 2.19. The van der Waals surface area contributed by atoms with Gasteiger partial charge in [0.2, 0.25) is 15.9 Å². The van der Waals surface area contributed by atoms with Crippen molar-refractivity contribution in [2.24, 2.45) is 0 Å². The third kappa shape index (κ3) is 5.70. The fourth-order valence-electron chi connectivity index (χ4n) is 3.70. The molecule has 1 atom stereocenters. The Morgan fingerprint density at radius 3 is 2.42 bits per heavy atom. The van der Waals surface area contributed by atoms with Crippen LogP contribution in [0.1, 0.15) is 43.4 Å². The van der Waals surface area contributed by atoms with Gasteiger partial charge in [0.1, 0.15) is 5.82 Å². The number of likely N-dealkylation sites (N-methyl/N-ethyl adjacent to an activating group) is 1. The summed E-state index contributed by atoms with van der Waals surface area (Å²) in [4.78, 5) is 14.7. The molecule has 1 N–H and O–H groups in total. The van der Waals surface area contributed by atoms with E-state index in [9.17, 15) is 17.6 Å². The number of piperidine rings is 1. The molecule has 0 aromatic heterocycles. The van der Waals surface area contributed by atoms with Crippen LogP contribution in [0.25, 0.3) is 0 Å². The molecule has 2 aromatic rings. The third-order valence-electron chi connectivity index (χ3n) is 5.84. The van der Waals surface area contributed by atoms with Crippen LogP contribution in [0.3, 0.4) is 0 Å². The lowest BCUT2D eigenvalue weighted by molar-refractivity contribution is -0.117. The summed E-state index contributed by atoms with van der Waals surface area (Å²) in [5, 5.41) is 2.85. The van der Waals surface area contributed by atoms with Crippen LogP contribution in [0, 0.1) is 12.7 Å². The molecule has 0 aliphatic carbocycles. The third-order valence-corrected chi connectivity index (χ3v) is 7.74. The zero-order valence-corrected chi connectivity index (χ0v) is 19.1. The number of carbonyl (C=O) groups excluding carboxylic acids is 1. The number of halogens is 1. The first-order valence-electron chi connectivity index (χ1n) is 10.5. The number of hydrogen-bond acceptors (Lipinski definition) is 4. The zero-order valence-electron chi connectivity index (χ0n) is 18.3. The molecule has 1 unspecified atom stereocenters. The van der Waals surface area contributed by atoms with Gasteiger partial charge in [-0.25, -0.2) is 12.8 Å². The highest BCUT2D eigenvalue weighted by Gasteiger charge is 2.26. The van der Waals surface area contributed by atoms with E-state index in [-0.39, 0.29) is 29.2 Å². The Morgan fingerprint density at radius 2 is 1.77 bits per heavy atom. The van der Waals surface area contributed by atoms with Crippen molar-refractivity contribution in [3.63, 3.8) is 0 Å². The van der Waals surface area contributed by atoms with E-state index in [0.717, 1.165) is 30.4 Å². The lowest BCUT2D eigenvalue weighted by atomic mass is 10.1. The van der Waals surface area contributed by atoms with E-state index in [1.165, 1.54) is 16.4 Å². The summed E-state index contributed by atoms with van der Waals surface area (Å²) in [5.74, 6) is -0.543. The molecule has 3 rings (SSSR count). The maximum absolute atomic E-state index is 13.2. The van der Waals surface area contributed by atoms with Gasteiger partial charge < -0.3 is 5.32 Å². The molecule has 168 valence electrons. The molecule has 1 fully saturated rings. The monoisotopic (exact) mass is 447 g/mol. The number of aryl methyl sites for hydroxylation is 1. The van der Waals surface area contributed by atoms with Crippen molar-refractivity contribution in [2.75, 3.05) is 32.0 Å². The summed E-state index contributed by atoms with van der Waals surface area (Å²) < 4.78 is 40.6. The molecule has 31 heavy (non-hydrogen) atoms. The quantitative estimate of drug-likeness (QED) is 0.698. The van der Waals surface area contributed by atoms with Crippen LogP contribution in [0.2, 0.25) is 0 Å². The van der Waals surface area contributed by atoms with Crippen LogP contribution < -0.4 is 5.32 Å². The molecular weight excluding hydrogens is 417 g/mol. The number of rotatable bonds is 7. The summed E-state index contributed by atoms with van der Waals surface area (Å²) >= 11 is 0. The molecule has 1 amide bonds. The number of nitrogens with zero attached hydrogens (tertiary/aromatic N) is 2. The first-order valence-corrected chi connectivity index (χ1v) is 12.0. The topological polar surface area (TPSA) is 69.7 Å².